The number of hydrogen-bond acceptors (Lipinski definition) is 3. The van der Waals surface area contributed by atoms with Gasteiger partial charge < -0.3 is 15.2 Å². The Morgan fingerprint density at radius 1 is 1.47 bits per heavy atom. The van der Waals surface area contributed by atoms with Crippen LogP contribution in [-0.4, -0.2) is 23.9 Å². The van der Waals surface area contributed by atoms with Crippen LogP contribution >= 0.6 is 11.6 Å². The molecule has 4 heteroatoms. The maximum atomic E-state index is 9.83. The fourth-order valence-corrected chi connectivity index (χ4v) is 1.64. The molecule has 1 atom stereocenters. The van der Waals surface area contributed by atoms with E-state index in [1.165, 1.54) is 0 Å². The van der Waals surface area contributed by atoms with Gasteiger partial charge in [-0.15, -0.1) is 0 Å². The predicted molar refractivity (Wildman–Crippen MR) is 70.6 cm³/mol. The molecule has 1 rings (SSSR count). The average molecular weight is 258 g/mol. The molecule has 0 radical (unpaired) electrons. The van der Waals surface area contributed by atoms with Crippen molar-refractivity contribution in [1.82, 2.24) is 5.32 Å². The minimum Gasteiger partial charge on any atom is -0.496 e. The lowest BCUT2D eigenvalue weighted by molar-refractivity contribution is 0.0436. The van der Waals surface area contributed by atoms with E-state index in [1.54, 1.807) is 21.0 Å². The van der Waals surface area contributed by atoms with E-state index in [0.717, 1.165) is 11.3 Å². The smallest absolute Gasteiger partial charge is 0.124 e. The molecular weight excluding hydrogens is 238 g/mol. The summed E-state index contributed by atoms with van der Waals surface area (Å²) in [7, 11) is 1.62. The first-order chi connectivity index (χ1) is 7.86. The van der Waals surface area contributed by atoms with Gasteiger partial charge in [0.2, 0.25) is 0 Å². The summed E-state index contributed by atoms with van der Waals surface area (Å²) in [6.45, 7) is 6.04. The van der Waals surface area contributed by atoms with Crippen molar-refractivity contribution in [3.63, 3.8) is 0 Å². The molecule has 0 saturated carbocycles. The van der Waals surface area contributed by atoms with Crippen molar-refractivity contribution >= 4 is 11.6 Å². The van der Waals surface area contributed by atoms with Gasteiger partial charge in [-0.25, -0.2) is 0 Å². The first-order valence-corrected chi connectivity index (χ1v) is 6.01. The Hall–Kier alpha value is -0.770. The summed E-state index contributed by atoms with van der Waals surface area (Å²) in [5.41, 5.74) is 0.141. The summed E-state index contributed by atoms with van der Waals surface area (Å²) >= 11 is 6.12. The Bertz CT molecular complexity index is 374. The second kappa shape index (κ2) is 5.71. The Morgan fingerprint density at radius 2 is 2.12 bits per heavy atom. The lowest BCUT2D eigenvalue weighted by atomic mass is 10.0. The third-order valence-electron chi connectivity index (χ3n) is 2.94. The van der Waals surface area contributed by atoms with Crippen LogP contribution in [0.5, 0.6) is 5.75 Å². The molecule has 0 aliphatic heterocycles. The number of ether oxygens (including phenoxy) is 1. The molecule has 0 aliphatic rings. The van der Waals surface area contributed by atoms with E-state index < -0.39 is 5.60 Å². The van der Waals surface area contributed by atoms with Crippen LogP contribution in [0.15, 0.2) is 18.2 Å². The van der Waals surface area contributed by atoms with E-state index >= 15 is 0 Å². The number of aliphatic hydroxyl groups is 1. The Kier molecular flexibility index (Phi) is 4.80. The third-order valence-corrected chi connectivity index (χ3v) is 3.29. The van der Waals surface area contributed by atoms with Gasteiger partial charge in [0.05, 0.1) is 12.7 Å². The van der Waals surface area contributed by atoms with E-state index in [2.05, 4.69) is 5.32 Å². The van der Waals surface area contributed by atoms with Crippen molar-refractivity contribution in [2.75, 3.05) is 7.11 Å². The highest BCUT2D eigenvalue weighted by atomic mass is 35.5. The molecule has 1 unspecified atom stereocenters. The normalized spacial score (nSPS) is 13.5. The molecule has 0 aliphatic carbocycles. The second-order valence-electron chi connectivity index (χ2n) is 4.68. The zero-order valence-electron chi connectivity index (χ0n) is 10.7. The predicted octanol–water partition coefficient (Wildman–Crippen LogP) is 2.60. The number of methoxy groups -OCH3 is 1. The number of rotatable bonds is 5. The van der Waals surface area contributed by atoms with Crippen molar-refractivity contribution < 1.29 is 9.84 Å². The highest BCUT2D eigenvalue weighted by molar-refractivity contribution is 6.31. The standard InChI is InChI=1S/C13H20ClNO2/c1-9(13(2,3)16)15-8-10-11(14)6-5-7-12(10)17-4/h5-7,9,15-16H,8H2,1-4H3. The van der Waals surface area contributed by atoms with Gasteiger partial charge in [-0.05, 0) is 32.9 Å². The van der Waals surface area contributed by atoms with Crippen molar-refractivity contribution in [1.29, 1.82) is 0 Å². The topological polar surface area (TPSA) is 41.5 Å². The lowest BCUT2D eigenvalue weighted by Gasteiger charge is -2.27. The Balaban J connectivity index is 2.76. The first kappa shape index (κ1) is 14.3. The zero-order valence-corrected chi connectivity index (χ0v) is 11.5. The number of halogens is 1. The van der Waals surface area contributed by atoms with Crippen molar-refractivity contribution in [3.8, 4) is 5.75 Å². The quantitative estimate of drug-likeness (QED) is 0.852. The molecule has 3 nitrogen and oxygen atoms in total. The van der Waals surface area contributed by atoms with Crippen molar-refractivity contribution in [2.24, 2.45) is 0 Å². The van der Waals surface area contributed by atoms with Crippen molar-refractivity contribution in [3.05, 3.63) is 28.8 Å². The van der Waals surface area contributed by atoms with E-state index in [9.17, 15) is 5.11 Å². The monoisotopic (exact) mass is 257 g/mol. The molecule has 0 aromatic heterocycles. The fourth-order valence-electron chi connectivity index (χ4n) is 1.41. The Morgan fingerprint density at radius 3 is 2.65 bits per heavy atom. The molecule has 17 heavy (non-hydrogen) atoms. The molecule has 0 bridgehead atoms. The van der Waals surface area contributed by atoms with Gasteiger partial charge in [-0.3, -0.25) is 0 Å². The van der Waals surface area contributed by atoms with Crippen LogP contribution in [0.3, 0.4) is 0 Å². The summed E-state index contributed by atoms with van der Waals surface area (Å²) < 4.78 is 5.26. The van der Waals surface area contributed by atoms with E-state index in [-0.39, 0.29) is 6.04 Å². The largest absolute Gasteiger partial charge is 0.496 e. The minimum absolute atomic E-state index is 0.0384. The summed E-state index contributed by atoms with van der Waals surface area (Å²) in [6, 6.07) is 5.51. The van der Waals surface area contributed by atoms with Gasteiger partial charge in [0, 0.05) is 23.2 Å². The molecule has 0 amide bonds. The van der Waals surface area contributed by atoms with Gasteiger partial charge in [0.15, 0.2) is 0 Å². The van der Waals surface area contributed by atoms with Gasteiger partial charge in [-0.1, -0.05) is 17.7 Å². The van der Waals surface area contributed by atoms with Gasteiger partial charge in [0.25, 0.3) is 0 Å². The Labute approximate surface area is 108 Å². The maximum Gasteiger partial charge on any atom is 0.124 e. The van der Waals surface area contributed by atoms with Crippen LogP contribution < -0.4 is 10.1 Å². The number of benzene rings is 1. The molecule has 1 aromatic rings. The van der Waals surface area contributed by atoms with Gasteiger partial charge in [0.1, 0.15) is 5.75 Å². The van der Waals surface area contributed by atoms with Crippen LogP contribution in [0, 0.1) is 0 Å². The number of hydrogen-bond donors (Lipinski definition) is 2. The summed E-state index contributed by atoms with van der Waals surface area (Å²) in [4.78, 5) is 0. The molecule has 0 fully saturated rings. The SMILES string of the molecule is COc1cccc(Cl)c1CNC(C)C(C)(C)O. The van der Waals surface area contributed by atoms with E-state index in [1.807, 2.05) is 25.1 Å². The first-order valence-electron chi connectivity index (χ1n) is 5.63. The molecule has 0 heterocycles. The van der Waals surface area contributed by atoms with E-state index in [0.29, 0.717) is 11.6 Å². The van der Waals surface area contributed by atoms with Gasteiger partial charge in [-0.2, -0.15) is 0 Å². The van der Waals surface area contributed by atoms with E-state index in [4.69, 9.17) is 16.3 Å². The molecule has 0 saturated heterocycles. The molecular formula is C13H20ClNO2. The highest BCUT2D eigenvalue weighted by Crippen LogP contribution is 2.26. The number of nitrogens with one attached hydrogen (secondary N) is 1. The molecule has 1 aromatic carbocycles. The third kappa shape index (κ3) is 3.87. The van der Waals surface area contributed by atoms with Crippen molar-refractivity contribution in [2.45, 2.75) is 39.0 Å². The maximum absolute atomic E-state index is 9.83. The average Bonchev–Trinajstić information content (AvgIpc) is 2.25. The van der Waals surface area contributed by atoms with Crippen LogP contribution in [-0.2, 0) is 6.54 Å². The minimum atomic E-state index is -0.769. The van der Waals surface area contributed by atoms with Gasteiger partial charge >= 0.3 is 0 Å². The second-order valence-corrected chi connectivity index (χ2v) is 5.08. The summed E-state index contributed by atoms with van der Waals surface area (Å²) in [5.74, 6) is 0.757. The summed E-state index contributed by atoms with van der Waals surface area (Å²) in [5, 5.41) is 13.7. The lowest BCUT2D eigenvalue weighted by Crippen LogP contribution is -2.44. The van der Waals surface area contributed by atoms with Crippen LogP contribution in [0.2, 0.25) is 5.02 Å². The summed E-state index contributed by atoms with van der Waals surface area (Å²) in [6.07, 6.45) is 0. The van der Waals surface area contributed by atoms with Crippen LogP contribution in [0.1, 0.15) is 26.3 Å². The van der Waals surface area contributed by atoms with Crippen LogP contribution in [0.25, 0.3) is 0 Å². The van der Waals surface area contributed by atoms with Crippen LogP contribution in [0.4, 0.5) is 0 Å². The highest BCUT2D eigenvalue weighted by Gasteiger charge is 2.22. The molecule has 2 N–H and O–H groups in total. The zero-order chi connectivity index (χ0) is 13.1. The molecule has 96 valence electrons. The molecule has 0 spiro atoms. The fraction of sp³-hybridized carbons (Fsp3) is 0.538.